The Kier molecular flexibility index (Phi) is 6.65. The molecule has 5 nitrogen and oxygen atoms in total. The standard InChI is InChI=1S/C27H41N5S/c1-19(30-33-4)23-13-14-25(28-26(23)31-17-6-16-27(31,2)3)32-18-15-22(29-32)7-5-8-24(20-9-10-20)21-11-12-21/h13,15,18,20-21,24-25,30H,1,5-12,14,16-17H2,2-4H3. The van der Waals surface area contributed by atoms with E-state index in [1.807, 2.05) is 6.26 Å². The van der Waals surface area contributed by atoms with Gasteiger partial charge in [0.1, 0.15) is 12.0 Å². The summed E-state index contributed by atoms with van der Waals surface area (Å²) < 4.78 is 5.43. The zero-order chi connectivity index (χ0) is 23.0. The molecule has 33 heavy (non-hydrogen) atoms. The molecule has 3 heterocycles. The molecular weight excluding hydrogens is 426 g/mol. The number of aromatic nitrogens is 2. The third-order valence-electron chi connectivity index (χ3n) is 8.15. The lowest BCUT2D eigenvalue weighted by Gasteiger charge is -2.37. The topological polar surface area (TPSA) is 45.5 Å². The van der Waals surface area contributed by atoms with Crippen molar-refractivity contribution in [3.63, 3.8) is 0 Å². The van der Waals surface area contributed by atoms with Crippen LogP contribution in [0.5, 0.6) is 0 Å². The fourth-order valence-corrected chi connectivity index (χ4v) is 6.35. The van der Waals surface area contributed by atoms with Crippen LogP contribution in [0.3, 0.4) is 0 Å². The summed E-state index contributed by atoms with van der Waals surface area (Å²) in [6.07, 6.45) is 19.5. The average Bonchev–Trinajstić information content (AvgIpc) is 3.72. The molecule has 0 amide bonds. The van der Waals surface area contributed by atoms with E-state index in [4.69, 9.17) is 10.1 Å². The van der Waals surface area contributed by atoms with Crippen molar-refractivity contribution in [2.75, 3.05) is 12.8 Å². The van der Waals surface area contributed by atoms with Crippen LogP contribution < -0.4 is 4.72 Å². The number of amidine groups is 1. The molecular formula is C27H41N5S. The molecule has 0 bridgehead atoms. The van der Waals surface area contributed by atoms with Gasteiger partial charge in [-0.25, -0.2) is 9.67 Å². The van der Waals surface area contributed by atoms with Gasteiger partial charge in [-0.3, -0.25) is 0 Å². The van der Waals surface area contributed by atoms with E-state index in [-0.39, 0.29) is 11.7 Å². The largest absolute Gasteiger partial charge is 0.351 e. The molecule has 180 valence electrons. The maximum atomic E-state index is 5.26. The van der Waals surface area contributed by atoms with Crippen LogP contribution in [0.2, 0.25) is 0 Å². The Labute approximate surface area is 204 Å². The Balaban J connectivity index is 1.27. The first-order chi connectivity index (χ1) is 16.0. The molecule has 0 radical (unpaired) electrons. The number of hydrogen-bond acceptors (Lipinski definition) is 5. The van der Waals surface area contributed by atoms with Crippen molar-refractivity contribution in [1.82, 2.24) is 19.4 Å². The summed E-state index contributed by atoms with van der Waals surface area (Å²) >= 11 is 1.59. The van der Waals surface area contributed by atoms with Gasteiger partial charge in [-0.05, 0) is 95.5 Å². The van der Waals surface area contributed by atoms with Crippen LogP contribution in [-0.2, 0) is 6.42 Å². The lowest BCUT2D eigenvalue weighted by molar-refractivity contribution is 0.277. The number of dihydropyridines is 1. The Hall–Kier alpha value is -1.69. The zero-order valence-electron chi connectivity index (χ0n) is 20.7. The molecule has 1 atom stereocenters. The van der Waals surface area contributed by atoms with Crippen molar-refractivity contribution in [3.05, 3.63) is 41.9 Å². The summed E-state index contributed by atoms with van der Waals surface area (Å²) in [7, 11) is 0. The van der Waals surface area contributed by atoms with Gasteiger partial charge in [0.05, 0.1) is 5.69 Å². The van der Waals surface area contributed by atoms with E-state index in [1.54, 1.807) is 11.9 Å². The number of nitrogens with one attached hydrogen (secondary N) is 1. The first-order valence-electron chi connectivity index (χ1n) is 13.0. The smallest absolute Gasteiger partial charge is 0.147 e. The van der Waals surface area contributed by atoms with Crippen molar-refractivity contribution in [2.45, 2.75) is 89.8 Å². The quantitative estimate of drug-likeness (QED) is 0.421. The fraction of sp³-hybridized carbons (Fsp3) is 0.704. The van der Waals surface area contributed by atoms with Crippen molar-refractivity contribution in [1.29, 1.82) is 0 Å². The van der Waals surface area contributed by atoms with Gasteiger partial charge >= 0.3 is 0 Å². The molecule has 4 aliphatic rings. The lowest BCUT2D eigenvalue weighted by atomic mass is 9.91. The van der Waals surface area contributed by atoms with E-state index in [0.717, 1.165) is 54.2 Å². The second-order valence-corrected chi connectivity index (χ2v) is 11.8. The van der Waals surface area contributed by atoms with Gasteiger partial charge in [0.15, 0.2) is 0 Å². The van der Waals surface area contributed by atoms with Gasteiger partial charge in [-0.1, -0.05) is 24.6 Å². The molecule has 1 aromatic heterocycles. The minimum absolute atomic E-state index is 0.0293. The summed E-state index contributed by atoms with van der Waals surface area (Å²) in [5.74, 6) is 4.19. The van der Waals surface area contributed by atoms with Crippen LogP contribution >= 0.6 is 11.9 Å². The third-order valence-corrected chi connectivity index (χ3v) is 8.60. The van der Waals surface area contributed by atoms with Crippen molar-refractivity contribution >= 4 is 17.8 Å². The Morgan fingerprint density at radius 2 is 2.03 bits per heavy atom. The monoisotopic (exact) mass is 467 g/mol. The molecule has 1 N–H and O–H groups in total. The van der Waals surface area contributed by atoms with Crippen LogP contribution in [0, 0.1) is 17.8 Å². The minimum Gasteiger partial charge on any atom is -0.351 e. The minimum atomic E-state index is 0.0293. The molecule has 3 fully saturated rings. The SMILES string of the molecule is C=C(NSC)C1=CCC(n2ccc(CCCC(C3CC3)C3CC3)n2)N=C1N1CCCC1(C)C. The highest BCUT2D eigenvalue weighted by Gasteiger charge is 2.41. The highest BCUT2D eigenvalue weighted by atomic mass is 32.2. The van der Waals surface area contributed by atoms with E-state index < -0.39 is 0 Å². The summed E-state index contributed by atoms with van der Waals surface area (Å²) in [4.78, 5) is 7.75. The van der Waals surface area contributed by atoms with Gasteiger partial charge in [-0.15, -0.1) is 0 Å². The molecule has 2 saturated carbocycles. The Bertz CT molecular complexity index is 909. The summed E-state index contributed by atoms with van der Waals surface area (Å²) in [6, 6.07) is 2.21. The van der Waals surface area contributed by atoms with Crippen LogP contribution in [0.25, 0.3) is 0 Å². The highest BCUT2D eigenvalue weighted by Crippen LogP contribution is 2.51. The van der Waals surface area contributed by atoms with Crippen molar-refractivity contribution in [2.24, 2.45) is 22.7 Å². The second kappa shape index (κ2) is 9.52. The van der Waals surface area contributed by atoms with E-state index in [9.17, 15) is 0 Å². The van der Waals surface area contributed by atoms with Crippen molar-refractivity contribution in [3.8, 4) is 0 Å². The van der Waals surface area contributed by atoms with Crippen LogP contribution in [0.4, 0.5) is 0 Å². The van der Waals surface area contributed by atoms with Gasteiger partial charge in [-0.2, -0.15) is 5.10 Å². The molecule has 0 aromatic carbocycles. The molecule has 1 unspecified atom stereocenters. The molecule has 0 spiro atoms. The number of likely N-dealkylation sites (tertiary alicyclic amines) is 1. The highest BCUT2D eigenvalue weighted by molar-refractivity contribution is 7.96. The summed E-state index contributed by atoms with van der Waals surface area (Å²) in [5, 5.41) is 4.98. The van der Waals surface area contributed by atoms with Crippen LogP contribution in [-0.4, -0.2) is 38.9 Å². The third kappa shape index (κ3) is 5.21. The molecule has 6 heteroatoms. The van der Waals surface area contributed by atoms with Gasteiger partial charge in [0.2, 0.25) is 0 Å². The van der Waals surface area contributed by atoms with Gasteiger partial charge < -0.3 is 9.62 Å². The molecule has 5 rings (SSSR count). The normalized spacial score (nSPS) is 24.7. The Morgan fingerprint density at radius 1 is 1.27 bits per heavy atom. The Morgan fingerprint density at radius 3 is 2.67 bits per heavy atom. The van der Waals surface area contributed by atoms with Gasteiger partial charge in [0, 0.05) is 42.2 Å². The van der Waals surface area contributed by atoms with Gasteiger partial charge in [0.25, 0.3) is 0 Å². The van der Waals surface area contributed by atoms with Crippen LogP contribution in [0.1, 0.15) is 83.5 Å². The molecule has 1 aromatic rings. The zero-order valence-corrected chi connectivity index (χ0v) is 21.5. The first-order valence-corrected chi connectivity index (χ1v) is 14.3. The van der Waals surface area contributed by atoms with E-state index in [2.05, 4.69) is 53.1 Å². The van der Waals surface area contributed by atoms with Crippen LogP contribution in [0.15, 0.2) is 41.2 Å². The molecule has 2 aliphatic heterocycles. The van der Waals surface area contributed by atoms with E-state index >= 15 is 0 Å². The predicted molar refractivity (Wildman–Crippen MR) is 139 cm³/mol. The van der Waals surface area contributed by atoms with E-state index in [0.29, 0.717) is 0 Å². The number of aryl methyl sites for hydroxylation is 1. The molecule has 1 saturated heterocycles. The maximum absolute atomic E-state index is 5.26. The van der Waals surface area contributed by atoms with E-state index in [1.165, 1.54) is 57.1 Å². The fourth-order valence-electron chi connectivity index (χ4n) is 6.00. The number of hydrogen-bond donors (Lipinski definition) is 1. The first kappa shape index (κ1) is 23.1. The number of aliphatic imine (C=N–C) groups is 1. The average molecular weight is 468 g/mol. The summed E-state index contributed by atoms with van der Waals surface area (Å²) in [6.45, 7) is 10.0. The molecule has 2 aliphatic carbocycles. The van der Waals surface area contributed by atoms with Crippen molar-refractivity contribution < 1.29 is 0 Å². The second-order valence-electron chi connectivity index (χ2n) is 11.2. The maximum Gasteiger partial charge on any atom is 0.147 e. The summed E-state index contributed by atoms with van der Waals surface area (Å²) in [5.41, 5.74) is 3.44. The lowest BCUT2D eigenvalue weighted by Crippen LogP contribution is -2.45. The predicted octanol–water partition coefficient (Wildman–Crippen LogP) is 6.12. The number of nitrogens with zero attached hydrogens (tertiary/aromatic N) is 4. The number of rotatable bonds is 10.